The van der Waals surface area contributed by atoms with Crippen molar-refractivity contribution in [2.45, 2.75) is 56.4 Å². The van der Waals surface area contributed by atoms with Crippen molar-refractivity contribution in [2.24, 2.45) is 28.9 Å². The Bertz CT molecular complexity index is 682. The van der Waals surface area contributed by atoms with Crippen molar-refractivity contribution in [3.63, 3.8) is 0 Å². The largest absolute Gasteiger partial charge is 0.369 e. The minimum absolute atomic E-state index is 0.0270. The van der Waals surface area contributed by atoms with Crippen molar-refractivity contribution in [3.05, 3.63) is 29.8 Å². The van der Waals surface area contributed by atoms with Crippen LogP contribution in [0.5, 0.6) is 0 Å². The molecule has 4 bridgehead atoms. The topological polar surface area (TPSA) is 72.2 Å². The maximum atomic E-state index is 13.0. The molecule has 0 saturated heterocycles. The fourth-order valence-corrected chi connectivity index (χ4v) is 6.85. The number of carbonyl (C=O) groups is 2. The predicted molar refractivity (Wildman–Crippen MR) is 104 cm³/mol. The normalized spacial score (nSPS) is 33.0. The van der Waals surface area contributed by atoms with Gasteiger partial charge in [0.1, 0.15) is 0 Å². The Labute approximate surface area is 159 Å². The van der Waals surface area contributed by atoms with Crippen LogP contribution in [0.2, 0.25) is 0 Å². The summed E-state index contributed by atoms with van der Waals surface area (Å²) in [4.78, 5) is 24.9. The zero-order chi connectivity index (χ0) is 18.3. The van der Waals surface area contributed by atoms with Gasteiger partial charge in [0.25, 0.3) is 5.91 Å². The number of carbonyl (C=O) groups excluding carboxylic acids is 2. The number of hydrogen-bond acceptors (Lipinski definition) is 3. The van der Waals surface area contributed by atoms with E-state index < -0.39 is 0 Å². The minimum Gasteiger partial charge on any atom is -0.369 e. The second kappa shape index (κ2) is 6.91. The number of amides is 2. The van der Waals surface area contributed by atoms with Gasteiger partial charge in [0.15, 0.2) is 0 Å². The van der Waals surface area contributed by atoms with Gasteiger partial charge in [-0.1, -0.05) is 12.1 Å². The molecule has 4 fully saturated rings. The van der Waals surface area contributed by atoms with Crippen LogP contribution in [0.25, 0.3) is 0 Å². The molecule has 0 spiro atoms. The van der Waals surface area contributed by atoms with Crippen LogP contribution in [0, 0.1) is 23.2 Å². The summed E-state index contributed by atoms with van der Waals surface area (Å²) in [6.45, 7) is 2.20. The van der Waals surface area contributed by atoms with Gasteiger partial charge >= 0.3 is 0 Å². The quantitative estimate of drug-likeness (QED) is 0.750. The van der Waals surface area contributed by atoms with E-state index >= 15 is 0 Å². The van der Waals surface area contributed by atoms with E-state index in [4.69, 9.17) is 5.73 Å². The average Bonchev–Trinajstić information content (AvgIpc) is 2.59. The molecule has 1 atom stereocenters. The van der Waals surface area contributed by atoms with E-state index in [1.807, 2.05) is 24.3 Å². The molecule has 0 aromatic heterocycles. The first-order valence-electron chi connectivity index (χ1n) is 9.76. The molecule has 1 unspecified atom stereocenters. The van der Waals surface area contributed by atoms with E-state index in [1.165, 1.54) is 50.3 Å². The van der Waals surface area contributed by atoms with Crippen LogP contribution in [0.15, 0.2) is 29.2 Å². The van der Waals surface area contributed by atoms with Crippen molar-refractivity contribution in [3.8, 4) is 0 Å². The van der Waals surface area contributed by atoms with Gasteiger partial charge in [-0.25, -0.2) is 0 Å². The van der Waals surface area contributed by atoms with Crippen LogP contribution < -0.4 is 11.1 Å². The van der Waals surface area contributed by atoms with Crippen molar-refractivity contribution in [2.75, 3.05) is 5.75 Å². The molecule has 1 aromatic rings. The van der Waals surface area contributed by atoms with Crippen molar-refractivity contribution in [1.82, 2.24) is 5.32 Å². The average molecular weight is 373 g/mol. The predicted octanol–water partition coefficient (Wildman–Crippen LogP) is 3.60. The lowest BCUT2D eigenvalue weighted by molar-refractivity contribution is -0.115. The van der Waals surface area contributed by atoms with Crippen molar-refractivity contribution >= 4 is 23.6 Å². The van der Waals surface area contributed by atoms with Crippen LogP contribution in [0.4, 0.5) is 0 Å². The molecular formula is C21H28N2O2S. The third-order valence-electron chi connectivity index (χ3n) is 6.85. The fourth-order valence-electron chi connectivity index (χ4n) is 6.06. The van der Waals surface area contributed by atoms with Crippen LogP contribution in [-0.2, 0) is 4.79 Å². The number of nitrogens with two attached hydrogens (primary N) is 1. The van der Waals surface area contributed by atoms with E-state index in [2.05, 4.69) is 12.2 Å². The van der Waals surface area contributed by atoms with E-state index in [0.29, 0.717) is 11.0 Å². The SMILES string of the molecule is CC(NC(=O)c1ccccc1SCC(N)=O)C12CC3CC(CC(C3)C1)C2. The molecule has 140 valence electrons. The van der Waals surface area contributed by atoms with Gasteiger partial charge in [0.05, 0.1) is 11.3 Å². The Hall–Kier alpha value is -1.49. The number of benzene rings is 1. The van der Waals surface area contributed by atoms with Gasteiger partial charge in [-0.2, -0.15) is 0 Å². The highest BCUT2D eigenvalue weighted by Gasteiger charge is 2.53. The molecular weight excluding hydrogens is 344 g/mol. The van der Waals surface area contributed by atoms with Gasteiger partial charge in [0.2, 0.25) is 5.91 Å². The Morgan fingerprint density at radius 1 is 1.15 bits per heavy atom. The Kier molecular flexibility index (Phi) is 4.76. The zero-order valence-electron chi connectivity index (χ0n) is 15.4. The molecule has 4 saturated carbocycles. The molecule has 0 aliphatic heterocycles. The van der Waals surface area contributed by atoms with Gasteiger partial charge < -0.3 is 11.1 Å². The van der Waals surface area contributed by atoms with Crippen LogP contribution >= 0.6 is 11.8 Å². The highest BCUT2D eigenvalue weighted by molar-refractivity contribution is 8.00. The maximum Gasteiger partial charge on any atom is 0.252 e. The van der Waals surface area contributed by atoms with Gasteiger partial charge in [-0.3, -0.25) is 9.59 Å². The summed E-state index contributed by atoms with van der Waals surface area (Å²) in [6.07, 6.45) is 8.06. The van der Waals surface area contributed by atoms with Gasteiger partial charge in [-0.15, -0.1) is 11.8 Å². The summed E-state index contributed by atoms with van der Waals surface area (Å²) in [5.74, 6) is 2.42. The molecule has 3 N–H and O–H groups in total. The number of nitrogens with one attached hydrogen (secondary N) is 1. The van der Waals surface area contributed by atoms with E-state index in [-0.39, 0.29) is 23.6 Å². The first kappa shape index (κ1) is 17.9. The summed E-state index contributed by atoms with van der Waals surface area (Å²) in [5, 5.41) is 3.31. The standard InChI is InChI=1S/C21H28N2O2S/c1-13(21-9-14-6-15(10-21)8-16(7-14)11-21)23-20(25)17-4-2-3-5-18(17)26-12-19(22)24/h2-5,13-16H,6-12H2,1H3,(H2,22,24)(H,23,25). The van der Waals surface area contributed by atoms with Gasteiger partial charge in [-0.05, 0) is 80.8 Å². The summed E-state index contributed by atoms with van der Waals surface area (Å²) >= 11 is 1.33. The molecule has 4 nitrogen and oxygen atoms in total. The van der Waals surface area contributed by atoms with Crippen LogP contribution in [0.1, 0.15) is 55.8 Å². The smallest absolute Gasteiger partial charge is 0.252 e. The molecule has 4 aliphatic carbocycles. The van der Waals surface area contributed by atoms with Crippen LogP contribution in [0.3, 0.4) is 0 Å². The number of thioether (sulfide) groups is 1. The van der Waals surface area contributed by atoms with E-state index in [1.54, 1.807) is 0 Å². The Morgan fingerprint density at radius 3 is 2.31 bits per heavy atom. The number of rotatable bonds is 6. The summed E-state index contributed by atoms with van der Waals surface area (Å²) in [7, 11) is 0. The molecule has 5 heteroatoms. The Balaban J connectivity index is 1.48. The summed E-state index contributed by atoms with van der Waals surface area (Å²) in [6, 6.07) is 7.68. The molecule has 2 amide bonds. The lowest BCUT2D eigenvalue weighted by Gasteiger charge is -2.59. The highest BCUT2D eigenvalue weighted by atomic mass is 32.2. The van der Waals surface area contributed by atoms with Crippen LogP contribution in [-0.4, -0.2) is 23.6 Å². The lowest BCUT2D eigenvalue weighted by Crippen LogP contribution is -2.55. The van der Waals surface area contributed by atoms with E-state index in [0.717, 1.165) is 22.6 Å². The molecule has 1 aromatic carbocycles. The lowest BCUT2D eigenvalue weighted by atomic mass is 9.48. The van der Waals surface area contributed by atoms with Gasteiger partial charge in [0, 0.05) is 10.9 Å². The highest BCUT2D eigenvalue weighted by Crippen LogP contribution is 2.61. The molecule has 0 radical (unpaired) electrons. The molecule has 26 heavy (non-hydrogen) atoms. The molecule has 0 heterocycles. The summed E-state index contributed by atoms with van der Waals surface area (Å²) < 4.78 is 0. The van der Waals surface area contributed by atoms with E-state index in [9.17, 15) is 9.59 Å². The number of hydrogen-bond donors (Lipinski definition) is 2. The second-order valence-corrected chi connectivity index (χ2v) is 9.74. The summed E-state index contributed by atoms with van der Waals surface area (Å²) in [5.41, 5.74) is 6.20. The number of primary amides is 1. The first-order valence-corrected chi connectivity index (χ1v) is 10.7. The van der Waals surface area contributed by atoms with Crippen molar-refractivity contribution < 1.29 is 9.59 Å². The second-order valence-electron chi connectivity index (χ2n) is 8.73. The third-order valence-corrected chi connectivity index (χ3v) is 7.95. The third kappa shape index (κ3) is 3.38. The fraction of sp³-hybridized carbons (Fsp3) is 0.619. The Morgan fingerprint density at radius 2 is 1.73 bits per heavy atom. The molecule has 5 rings (SSSR count). The van der Waals surface area contributed by atoms with Crippen molar-refractivity contribution in [1.29, 1.82) is 0 Å². The minimum atomic E-state index is -0.368. The monoisotopic (exact) mass is 372 g/mol. The maximum absolute atomic E-state index is 13.0. The molecule has 4 aliphatic rings. The zero-order valence-corrected chi connectivity index (χ0v) is 16.2. The first-order chi connectivity index (χ1) is 12.4.